The maximum Gasteiger partial charge on any atom is 0.234 e. The zero-order valence-electron chi connectivity index (χ0n) is 10.9. The Morgan fingerprint density at radius 3 is 2.59 bits per heavy atom. The SMILES string of the molecule is CCCN(CC(=O)NC1CC1)C1CCNCC1. The van der Waals surface area contributed by atoms with Crippen LogP contribution in [0.15, 0.2) is 0 Å². The molecule has 0 aromatic rings. The van der Waals surface area contributed by atoms with Gasteiger partial charge in [0, 0.05) is 12.1 Å². The van der Waals surface area contributed by atoms with E-state index in [0.717, 1.165) is 26.1 Å². The van der Waals surface area contributed by atoms with Gasteiger partial charge >= 0.3 is 0 Å². The number of rotatable bonds is 6. The highest BCUT2D eigenvalue weighted by Crippen LogP contribution is 2.19. The molecule has 1 saturated carbocycles. The third-order valence-corrected chi connectivity index (χ3v) is 3.63. The van der Waals surface area contributed by atoms with E-state index in [-0.39, 0.29) is 5.91 Å². The minimum absolute atomic E-state index is 0.222. The lowest BCUT2D eigenvalue weighted by molar-refractivity contribution is -0.123. The summed E-state index contributed by atoms with van der Waals surface area (Å²) in [5, 5.41) is 6.47. The van der Waals surface area contributed by atoms with E-state index < -0.39 is 0 Å². The van der Waals surface area contributed by atoms with Crippen molar-refractivity contribution in [2.24, 2.45) is 0 Å². The first-order valence-corrected chi connectivity index (χ1v) is 7.03. The Bertz CT molecular complexity index is 247. The van der Waals surface area contributed by atoms with Crippen LogP contribution in [0, 0.1) is 0 Å². The maximum atomic E-state index is 11.9. The molecule has 4 heteroatoms. The van der Waals surface area contributed by atoms with Gasteiger partial charge in [0.2, 0.25) is 5.91 Å². The average molecular weight is 239 g/mol. The summed E-state index contributed by atoms with van der Waals surface area (Å²) in [6.07, 6.45) is 5.83. The number of nitrogens with zero attached hydrogens (tertiary/aromatic N) is 1. The summed E-state index contributed by atoms with van der Waals surface area (Å²) < 4.78 is 0. The summed E-state index contributed by atoms with van der Waals surface area (Å²) >= 11 is 0. The van der Waals surface area contributed by atoms with Gasteiger partial charge in [-0.25, -0.2) is 0 Å². The first kappa shape index (κ1) is 12.8. The quantitative estimate of drug-likeness (QED) is 0.718. The molecule has 17 heavy (non-hydrogen) atoms. The molecule has 2 aliphatic rings. The van der Waals surface area contributed by atoms with E-state index in [2.05, 4.69) is 22.5 Å². The second-order valence-corrected chi connectivity index (χ2v) is 5.29. The fourth-order valence-corrected chi connectivity index (χ4v) is 2.54. The highest BCUT2D eigenvalue weighted by molar-refractivity contribution is 5.78. The summed E-state index contributed by atoms with van der Waals surface area (Å²) in [6, 6.07) is 1.08. The van der Waals surface area contributed by atoms with Gasteiger partial charge in [0.15, 0.2) is 0 Å². The molecule has 4 nitrogen and oxygen atoms in total. The Labute approximate surface area is 104 Å². The zero-order chi connectivity index (χ0) is 12.1. The van der Waals surface area contributed by atoms with E-state index in [1.165, 1.54) is 25.7 Å². The van der Waals surface area contributed by atoms with E-state index in [0.29, 0.717) is 18.6 Å². The molecular formula is C13H25N3O. The Morgan fingerprint density at radius 1 is 1.29 bits per heavy atom. The lowest BCUT2D eigenvalue weighted by Crippen LogP contribution is -2.47. The number of carbonyl (C=O) groups is 1. The van der Waals surface area contributed by atoms with Gasteiger partial charge in [0.25, 0.3) is 0 Å². The first-order valence-electron chi connectivity index (χ1n) is 7.03. The van der Waals surface area contributed by atoms with Crippen LogP contribution in [-0.4, -0.2) is 49.1 Å². The summed E-state index contributed by atoms with van der Waals surface area (Å²) in [7, 11) is 0. The normalized spacial score (nSPS) is 21.8. The number of nitrogens with one attached hydrogen (secondary N) is 2. The second kappa shape index (κ2) is 6.36. The van der Waals surface area contributed by atoms with E-state index in [4.69, 9.17) is 0 Å². The van der Waals surface area contributed by atoms with Crippen molar-refractivity contribution in [3.8, 4) is 0 Å². The Hall–Kier alpha value is -0.610. The fraction of sp³-hybridized carbons (Fsp3) is 0.923. The standard InChI is InChI=1S/C13H25N3O/c1-2-9-16(12-5-7-14-8-6-12)10-13(17)15-11-3-4-11/h11-12,14H,2-10H2,1H3,(H,15,17). The molecule has 0 unspecified atom stereocenters. The first-order chi connectivity index (χ1) is 8.29. The predicted molar refractivity (Wildman–Crippen MR) is 68.9 cm³/mol. The van der Waals surface area contributed by atoms with Crippen molar-refractivity contribution in [2.45, 2.75) is 51.1 Å². The van der Waals surface area contributed by atoms with Crippen LogP contribution in [0.25, 0.3) is 0 Å². The van der Waals surface area contributed by atoms with Gasteiger partial charge in [-0.3, -0.25) is 9.69 Å². The van der Waals surface area contributed by atoms with E-state index in [9.17, 15) is 4.79 Å². The number of hydrogen-bond acceptors (Lipinski definition) is 3. The molecule has 2 rings (SSSR count). The van der Waals surface area contributed by atoms with Crippen molar-refractivity contribution in [1.82, 2.24) is 15.5 Å². The summed E-state index contributed by atoms with van der Waals surface area (Å²) in [5.41, 5.74) is 0. The van der Waals surface area contributed by atoms with Gasteiger partial charge in [-0.05, 0) is 51.7 Å². The third-order valence-electron chi connectivity index (χ3n) is 3.63. The van der Waals surface area contributed by atoms with Crippen LogP contribution < -0.4 is 10.6 Å². The molecule has 1 amide bonds. The van der Waals surface area contributed by atoms with Crippen molar-refractivity contribution in [1.29, 1.82) is 0 Å². The van der Waals surface area contributed by atoms with Crippen molar-refractivity contribution < 1.29 is 4.79 Å². The summed E-state index contributed by atoms with van der Waals surface area (Å²) in [4.78, 5) is 14.2. The molecule has 1 aliphatic carbocycles. The molecule has 1 saturated heterocycles. The molecule has 0 aromatic carbocycles. The van der Waals surface area contributed by atoms with Crippen LogP contribution in [0.1, 0.15) is 39.0 Å². The van der Waals surface area contributed by atoms with Crippen molar-refractivity contribution in [2.75, 3.05) is 26.2 Å². The lowest BCUT2D eigenvalue weighted by atomic mass is 10.0. The number of hydrogen-bond donors (Lipinski definition) is 2. The Kier molecular flexibility index (Phi) is 4.80. The average Bonchev–Trinajstić information content (AvgIpc) is 3.13. The number of amides is 1. The van der Waals surface area contributed by atoms with Crippen LogP contribution >= 0.6 is 0 Å². The molecule has 1 heterocycles. The van der Waals surface area contributed by atoms with Crippen LogP contribution in [-0.2, 0) is 4.79 Å². The molecule has 98 valence electrons. The molecule has 0 aromatic heterocycles. The third kappa shape index (κ3) is 4.28. The molecule has 0 radical (unpaired) electrons. The smallest absolute Gasteiger partial charge is 0.234 e. The molecule has 0 atom stereocenters. The number of piperidine rings is 1. The molecule has 2 N–H and O–H groups in total. The molecule has 1 aliphatic heterocycles. The van der Waals surface area contributed by atoms with E-state index in [1.807, 2.05) is 0 Å². The zero-order valence-corrected chi connectivity index (χ0v) is 10.9. The summed E-state index contributed by atoms with van der Waals surface area (Å²) in [6.45, 7) is 6.01. The lowest BCUT2D eigenvalue weighted by Gasteiger charge is -2.34. The van der Waals surface area contributed by atoms with Gasteiger partial charge in [-0.15, -0.1) is 0 Å². The molecule has 2 fully saturated rings. The van der Waals surface area contributed by atoms with Gasteiger partial charge in [0.05, 0.1) is 6.54 Å². The topological polar surface area (TPSA) is 44.4 Å². The monoisotopic (exact) mass is 239 g/mol. The number of carbonyl (C=O) groups excluding carboxylic acids is 1. The molecular weight excluding hydrogens is 214 g/mol. The van der Waals surface area contributed by atoms with Crippen LogP contribution in [0.4, 0.5) is 0 Å². The summed E-state index contributed by atoms with van der Waals surface area (Å²) in [5.74, 6) is 0.222. The maximum absolute atomic E-state index is 11.9. The van der Waals surface area contributed by atoms with Gasteiger partial charge in [-0.1, -0.05) is 6.92 Å². The highest BCUT2D eigenvalue weighted by atomic mass is 16.2. The minimum atomic E-state index is 0.222. The Morgan fingerprint density at radius 2 is 2.00 bits per heavy atom. The fourth-order valence-electron chi connectivity index (χ4n) is 2.54. The van der Waals surface area contributed by atoms with Gasteiger partial charge in [-0.2, -0.15) is 0 Å². The van der Waals surface area contributed by atoms with Crippen LogP contribution in [0.5, 0.6) is 0 Å². The van der Waals surface area contributed by atoms with Crippen LogP contribution in [0.2, 0.25) is 0 Å². The largest absolute Gasteiger partial charge is 0.352 e. The van der Waals surface area contributed by atoms with E-state index >= 15 is 0 Å². The van der Waals surface area contributed by atoms with E-state index in [1.54, 1.807) is 0 Å². The minimum Gasteiger partial charge on any atom is -0.352 e. The second-order valence-electron chi connectivity index (χ2n) is 5.29. The van der Waals surface area contributed by atoms with Crippen molar-refractivity contribution >= 4 is 5.91 Å². The van der Waals surface area contributed by atoms with Crippen molar-refractivity contribution in [3.63, 3.8) is 0 Å². The molecule has 0 bridgehead atoms. The van der Waals surface area contributed by atoms with Gasteiger partial charge < -0.3 is 10.6 Å². The highest BCUT2D eigenvalue weighted by Gasteiger charge is 2.26. The molecule has 0 spiro atoms. The van der Waals surface area contributed by atoms with Gasteiger partial charge in [0.1, 0.15) is 0 Å². The van der Waals surface area contributed by atoms with Crippen LogP contribution in [0.3, 0.4) is 0 Å². The Balaban J connectivity index is 1.79. The van der Waals surface area contributed by atoms with Crippen molar-refractivity contribution in [3.05, 3.63) is 0 Å². The predicted octanol–water partition coefficient (Wildman–Crippen LogP) is 0.729.